The van der Waals surface area contributed by atoms with Crippen LogP contribution in [-0.4, -0.2) is 21.2 Å². The molecular formula is C22H24F3N3O. The average Bonchev–Trinajstić information content (AvgIpc) is 3.01. The molecule has 0 unspecified atom stereocenters. The molecule has 4 bridgehead atoms. The highest BCUT2D eigenvalue weighted by Crippen LogP contribution is 2.55. The van der Waals surface area contributed by atoms with Crippen LogP contribution in [0.3, 0.4) is 0 Å². The molecule has 4 aliphatic rings. The van der Waals surface area contributed by atoms with Crippen LogP contribution in [0.25, 0.3) is 5.69 Å². The highest BCUT2D eigenvalue weighted by Gasteiger charge is 2.51. The first-order chi connectivity index (χ1) is 13.7. The Morgan fingerprint density at radius 3 is 2.34 bits per heavy atom. The lowest BCUT2D eigenvalue weighted by atomic mass is 9.53. The summed E-state index contributed by atoms with van der Waals surface area (Å²) in [7, 11) is 0. The predicted octanol–water partition coefficient (Wildman–Crippen LogP) is 4.90. The quantitative estimate of drug-likeness (QED) is 0.793. The van der Waals surface area contributed by atoms with E-state index in [0.717, 1.165) is 49.1 Å². The maximum atomic E-state index is 13.1. The van der Waals surface area contributed by atoms with Gasteiger partial charge in [-0.25, -0.2) is 4.68 Å². The van der Waals surface area contributed by atoms with Crippen molar-refractivity contribution in [2.45, 2.75) is 57.2 Å². The van der Waals surface area contributed by atoms with Gasteiger partial charge in [-0.05, 0) is 81.4 Å². The Labute approximate surface area is 167 Å². The van der Waals surface area contributed by atoms with Crippen LogP contribution in [0.1, 0.15) is 60.1 Å². The van der Waals surface area contributed by atoms with Gasteiger partial charge < -0.3 is 5.32 Å². The molecule has 4 aliphatic carbocycles. The summed E-state index contributed by atoms with van der Waals surface area (Å²) in [4.78, 5) is 13.1. The Balaban J connectivity index is 1.39. The third-order valence-corrected chi connectivity index (χ3v) is 7.09. The van der Waals surface area contributed by atoms with Gasteiger partial charge in [-0.1, -0.05) is 6.07 Å². The van der Waals surface area contributed by atoms with Crippen LogP contribution >= 0.6 is 0 Å². The van der Waals surface area contributed by atoms with Crippen molar-refractivity contribution in [3.05, 3.63) is 47.3 Å². The summed E-state index contributed by atoms with van der Waals surface area (Å²) < 4.78 is 40.5. The zero-order valence-corrected chi connectivity index (χ0v) is 16.3. The molecule has 4 nitrogen and oxygen atoms in total. The van der Waals surface area contributed by atoms with Gasteiger partial charge in [0.25, 0.3) is 5.91 Å². The molecular weight excluding hydrogens is 379 g/mol. The van der Waals surface area contributed by atoms with Crippen molar-refractivity contribution in [2.24, 2.45) is 17.8 Å². The Bertz CT molecular complexity index is 927. The number of aromatic nitrogens is 2. The third kappa shape index (κ3) is 3.24. The summed E-state index contributed by atoms with van der Waals surface area (Å²) in [6.45, 7) is 1.72. The lowest BCUT2D eigenvalue weighted by molar-refractivity contribution is -0.137. The number of hydrogen-bond donors (Lipinski definition) is 1. The van der Waals surface area contributed by atoms with Crippen LogP contribution in [0.15, 0.2) is 30.5 Å². The van der Waals surface area contributed by atoms with Crippen LogP contribution in [-0.2, 0) is 6.18 Å². The molecule has 0 saturated heterocycles. The van der Waals surface area contributed by atoms with Gasteiger partial charge in [0.1, 0.15) is 0 Å². The summed E-state index contributed by atoms with van der Waals surface area (Å²) in [6.07, 6.45) is 4.06. The van der Waals surface area contributed by atoms with Crippen LogP contribution in [0, 0.1) is 24.7 Å². The Morgan fingerprint density at radius 2 is 1.76 bits per heavy atom. The molecule has 7 heteroatoms. The fourth-order valence-corrected chi connectivity index (χ4v) is 6.28. The van der Waals surface area contributed by atoms with E-state index in [2.05, 4.69) is 10.4 Å². The van der Waals surface area contributed by atoms with Gasteiger partial charge in [-0.15, -0.1) is 0 Å². The van der Waals surface area contributed by atoms with Gasteiger partial charge in [0.2, 0.25) is 0 Å². The molecule has 0 atom stereocenters. The first-order valence-corrected chi connectivity index (χ1v) is 10.3. The van der Waals surface area contributed by atoms with Crippen LogP contribution in [0.5, 0.6) is 0 Å². The molecule has 1 aromatic heterocycles. The Morgan fingerprint density at radius 1 is 1.14 bits per heavy atom. The summed E-state index contributed by atoms with van der Waals surface area (Å²) in [6, 6.07) is 5.01. The van der Waals surface area contributed by atoms with E-state index < -0.39 is 11.7 Å². The molecule has 154 valence electrons. The highest BCUT2D eigenvalue weighted by molar-refractivity contribution is 5.95. The molecule has 1 heterocycles. The van der Waals surface area contributed by atoms with E-state index in [-0.39, 0.29) is 11.4 Å². The smallest absolute Gasteiger partial charge is 0.346 e. The lowest BCUT2D eigenvalue weighted by Crippen LogP contribution is -2.59. The first kappa shape index (κ1) is 18.7. The molecule has 2 aromatic rings. The molecule has 0 spiro atoms. The monoisotopic (exact) mass is 403 g/mol. The van der Waals surface area contributed by atoms with E-state index in [1.165, 1.54) is 36.2 Å². The topological polar surface area (TPSA) is 46.9 Å². The minimum absolute atomic E-state index is 0.115. The van der Waals surface area contributed by atoms with Crippen LogP contribution < -0.4 is 5.32 Å². The third-order valence-electron chi connectivity index (χ3n) is 7.09. The molecule has 1 amide bonds. The van der Waals surface area contributed by atoms with E-state index in [4.69, 9.17) is 0 Å². The molecule has 6 rings (SSSR count). The number of hydrogen-bond acceptors (Lipinski definition) is 2. The SMILES string of the molecule is Cc1c(C(=O)NC23CC4CC(CC(C4)C2)C3)cnn1-c1cccc(C(F)(F)F)c1. The number of halogens is 3. The van der Waals surface area contributed by atoms with Crippen LogP contribution in [0.4, 0.5) is 13.2 Å². The first-order valence-electron chi connectivity index (χ1n) is 10.3. The van der Waals surface area contributed by atoms with E-state index in [1.54, 1.807) is 13.0 Å². The summed E-state index contributed by atoms with van der Waals surface area (Å²) in [5, 5.41) is 7.52. The lowest BCUT2D eigenvalue weighted by Gasteiger charge is -2.56. The van der Waals surface area contributed by atoms with Gasteiger partial charge in [-0.2, -0.15) is 18.3 Å². The summed E-state index contributed by atoms with van der Waals surface area (Å²) >= 11 is 0. The molecule has 4 saturated carbocycles. The predicted molar refractivity (Wildman–Crippen MR) is 102 cm³/mol. The summed E-state index contributed by atoms with van der Waals surface area (Å²) in [5.41, 5.74) is 0.427. The minimum Gasteiger partial charge on any atom is -0.346 e. The van der Waals surface area contributed by atoms with Gasteiger partial charge in [0, 0.05) is 5.54 Å². The minimum atomic E-state index is -4.42. The Hall–Kier alpha value is -2.31. The standard InChI is InChI=1S/C22H24F3N3O/c1-13-19(12-26-28(13)18-4-2-3-17(8-18)22(23,24)25)20(29)27-21-9-14-5-15(10-21)7-16(6-14)11-21/h2-4,8,12,14-16H,5-7,9-11H2,1H3,(H,27,29). The average molecular weight is 403 g/mol. The van der Waals surface area contributed by atoms with Crippen molar-refractivity contribution < 1.29 is 18.0 Å². The number of benzene rings is 1. The van der Waals surface area contributed by atoms with E-state index in [0.29, 0.717) is 16.9 Å². The second kappa shape index (κ2) is 6.34. The maximum absolute atomic E-state index is 13.1. The molecule has 0 aliphatic heterocycles. The van der Waals surface area contributed by atoms with Crippen LogP contribution in [0.2, 0.25) is 0 Å². The fraction of sp³-hybridized carbons (Fsp3) is 0.545. The number of carbonyl (C=O) groups excluding carboxylic acids is 1. The number of nitrogens with zero attached hydrogens (tertiary/aromatic N) is 2. The molecule has 29 heavy (non-hydrogen) atoms. The number of nitrogens with one attached hydrogen (secondary N) is 1. The normalized spacial score (nSPS) is 30.6. The van der Waals surface area contributed by atoms with E-state index in [1.807, 2.05) is 0 Å². The van der Waals surface area contributed by atoms with E-state index >= 15 is 0 Å². The zero-order chi connectivity index (χ0) is 20.4. The van der Waals surface area contributed by atoms with Crippen molar-refractivity contribution in [3.8, 4) is 5.69 Å². The van der Waals surface area contributed by atoms with Crippen molar-refractivity contribution in [3.63, 3.8) is 0 Å². The number of amides is 1. The van der Waals surface area contributed by atoms with Gasteiger partial charge in [-0.3, -0.25) is 4.79 Å². The summed E-state index contributed by atoms with van der Waals surface area (Å²) in [5.74, 6) is 1.99. The van der Waals surface area contributed by atoms with Gasteiger partial charge >= 0.3 is 6.18 Å². The largest absolute Gasteiger partial charge is 0.416 e. The van der Waals surface area contributed by atoms with Crippen molar-refractivity contribution in [2.75, 3.05) is 0 Å². The van der Waals surface area contributed by atoms with Gasteiger partial charge in [0.05, 0.1) is 28.7 Å². The molecule has 1 N–H and O–H groups in total. The Kier molecular flexibility index (Phi) is 4.09. The maximum Gasteiger partial charge on any atom is 0.416 e. The number of alkyl halides is 3. The second-order valence-corrected chi connectivity index (χ2v) is 9.26. The number of rotatable bonds is 3. The fourth-order valence-electron chi connectivity index (χ4n) is 6.28. The van der Waals surface area contributed by atoms with E-state index in [9.17, 15) is 18.0 Å². The molecule has 1 aromatic carbocycles. The van der Waals surface area contributed by atoms with Crippen molar-refractivity contribution in [1.29, 1.82) is 0 Å². The molecule has 0 radical (unpaired) electrons. The van der Waals surface area contributed by atoms with Gasteiger partial charge in [0.15, 0.2) is 0 Å². The highest BCUT2D eigenvalue weighted by atomic mass is 19.4. The number of carbonyl (C=O) groups is 1. The van der Waals surface area contributed by atoms with Crippen molar-refractivity contribution >= 4 is 5.91 Å². The zero-order valence-electron chi connectivity index (χ0n) is 16.3. The second-order valence-electron chi connectivity index (χ2n) is 9.26. The van der Waals surface area contributed by atoms with Crippen molar-refractivity contribution in [1.82, 2.24) is 15.1 Å². The molecule has 4 fully saturated rings.